The highest BCUT2D eigenvalue weighted by Crippen LogP contribution is 2.27. The van der Waals surface area contributed by atoms with E-state index in [0.717, 1.165) is 11.3 Å². The largest absolute Gasteiger partial charge is 0.348 e. The molecule has 4 heteroatoms. The van der Waals surface area contributed by atoms with Crippen molar-refractivity contribution in [3.8, 4) is 0 Å². The molecule has 0 fully saturated rings. The Labute approximate surface area is 65.7 Å². The standard InChI is InChI=1S/C7H5F2NS/c1-3-6(9)4-2-5(8)11-7(4)10-3/h2,10H,1H3. The molecule has 0 atom stereocenters. The lowest BCUT2D eigenvalue weighted by molar-refractivity contribution is 0.626. The fourth-order valence-electron chi connectivity index (χ4n) is 1.04. The second-order valence-corrected chi connectivity index (χ2v) is 3.36. The Morgan fingerprint density at radius 1 is 1.45 bits per heavy atom. The molecule has 0 saturated heterocycles. The van der Waals surface area contributed by atoms with Crippen molar-refractivity contribution < 1.29 is 8.78 Å². The molecule has 0 aliphatic rings. The maximum Gasteiger partial charge on any atom is 0.179 e. The number of aryl methyl sites for hydroxylation is 1. The molecule has 0 radical (unpaired) electrons. The number of halogens is 2. The second-order valence-electron chi connectivity index (χ2n) is 2.36. The fraction of sp³-hybridized carbons (Fsp3) is 0.143. The van der Waals surface area contributed by atoms with Crippen LogP contribution in [0.2, 0.25) is 0 Å². The van der Waals surface area contributed by atoms with E-state index in [2.05, 4.69) is 4.98 Å². The molecule has 1 N–H and O–H groups in total. The topological polar surface area (TPSA) is 15.8 Å². The zero-order valence-electron chi connectivity index (χ0n) is 5.74. The first-order chi connectivity index (χ1) is 5.18. The minimum Gasteiger partial charge on any atom is -0.348 e. The number of hydrogen-bond acceptors (Lipinski definition) is 1. The molecule has 2 aromatic heterocycles. The van der Waals surface area contributed by atoms with Gasteiger partial charge in [-0.05, 0) is 13.0 Å². The summed E-state index contributed by atoms with van der Waals surface area (Å²) in [4.78, 5) is 3.32. The molecule has 0 aliphatic heterocycles. The van der Waals surface area contributed by atoms with E-state index in [1.54, 1.807) is 6.92 Å². The summed E-state index contributed by atoms with van der Waals surface area (Å²) in [6.07, 6.45) is 0. The molecule has 0 saturated carbocycles. The number of hydrogen-bond donors (Lipinski definition) is 1. The third-order valence-electron chi connectivity index (χ3n) is 1.57. The van der Waals surface area contributed by atoms with E-state index >= 15 is 0 Å². The normalized spacial score (nSPS) is 11.2. The van der Waals surface area contributed by atoms with Crippen LogP contribution in [-0.2, 0) is 0 Å². The molecule has 2 aromatic rings. The van der Waals surface area contributed by atoms with E-state index < -0.39 is 0 Å². The van der Waals surface area contributed by atoms with Gasteiger partial charge in [0.15, 0.2) is 10.9 Å². The van der Waals surface area contributed by atoms with Crippen molar-refractivity contribution in [1.29, 1.82) is 0 Å². The molecular weight excluding hydrogens is 168 g/mol. The van der Waals surface area contributed by atoms with Crippen LogP contribution in [0, 0.1) is 17.9 Å². The van der Waals surface area contributed by atoms with Crippen molar-refractivity contribution in [1.82, 2.24) is 4.98 Å². The van der Waals surface area contributed by atoms with E-state index in [0.29, 0.717) is 15.9 Å². The second kappa shape index (κ2) is 2.04. The quantitative estimate of drug-likeness (QED) is 0.630. The molecule has 2 rings (SSSR count). The summed E-state index contributed by atoms with van der Waals surface area (Å²) in [7, 11) is 0. The maximum atomic E-state index is 13.0. The summed E-state index contributed by atoms with van der Waals surface area (Å²) in [5.74, 6) is -0.347. The smallest absolute Gasteiger partial charge is 0.179 e. The summed E-state index contributed by atoms with van der Waals surface area (Å²) >= 11 is 0.925. The lowest BCUT2D eigenvalue weighted by Gasteiger charge is -1.81. The minimum atomic E-state index is -0.356. The van der Waals surface area contributed by atoms with Crippen LogP contribution in [0.1, 0.15) is 5.69 Å². The third kappa shape index (κ3) is 0.860. The van der Waals surface area contributed by atoms with Crippen molar-refractivity contribution in [2.24, 2.45) is 0 Å². The SMILES string of the molecule is Cc1[nH]c2sc(F)cc2c1F. The van der Waals surface area contributed by atoms with Crippen LogP contribution in [0.4, 0.5) is 8.78 Å². The zero-order chi connectivity index (χ0) is 8.01. The Morgan fingerprint density at radius 2 is 2.18 bits per heavy atom. The van der Waals surface area contributed by atoms with Gasteiger partial charge >= 0.3 is 0 Å². The Bertz CT molecular complexity index is 402. The van der Waals surface area contributed by atoms with Gasteiger partial charge in [0.25, 0.3) is 0 Å². The van der Waals surface area contributed by atoms with Crippen molar-refractivity contribution in [3.63, 3.8) is 0 Å². The monoisotopic (exact) mass is 173 g/mol. The van der Waals surface area contributed by atoms with Crippen molar-refractivity contribution >= 4 is 21.6 Å². The summed E-state index contributed by atoms with van der Waals surface area (Å²) in [6.45, 7) is 1.62. The van der Waals surface area contributed by atoms with Crippen molar-refractivity contribution in [2.75, 3.05) is 0 Å². The first-order valence-electron chi connectivity index (χ1n) is 3.11. The highest BCUT2D eigenvalue weighted by atomic mass is 32.1. The lowest BCUT2D eigenvalue weighted by Crippen LogP contribution is -1.73. The first kappa shape index (κ1) is 6.79. The van der Waals surface area contributed by atoms with Crippen LogP contribution in [0.15, 0.2) is 6.07 Å². The summed E-state index contributed by atoms with van der Waals surface area (Å²) in [5, 5.41) is -0.00449. The van der Waals surface area contributed by atoms with Gasteiger partial charge < -0.3 is 4.98 Å². The Hall–Kier alpha value is -0.900. The predicted octanol–water partition coefficient (Wildman–Crippen LogP) is 2.82. The highest BCUT2D eigenvalue weighted by Gasteiger charge is 2.10. The van der Waals surface area contributed by atoms with Gasteiger partial charge in [0.1, 0.15) is 4.83 Å². The number of nitrogens with one attached hydrogen (secondary N) is 1. The van der Waals surface area contributed by atoms with Gasteiger partial charge in [-0.1, -0.05) is 11.3 Å². The molecule has 0 amide bonds. The molecule has 0 aromatic carbocycles. The van der Waals surface area contributed by atoms with Gasteiger partial charge in [-0.2, -0.15) is 4.39 Å². The van der Waals surface area contributed by atoms with Crippen LogP contribution in [-0.4, -0.2) is 4.98 Å². The number of rotatable bonds is 0. The molecule has 0 unspecified atom stereocenters. The average molecular weight is 173 g/mol. The van der Waals surface area contributed by atoms with Crippen molar-refractivity contribution in [3.05, 3.63) is 22.7 Å². The molecule has 0 aliphatic carbocycles. The number of H-pyrrole nitrogens is 1. The summed E-state index contributed by atoms with van der Waals surface area (Å²) in [6, 6.07) is 1.21. The van der Waals surface area contributed by atoms with Crippen LogP contribution in [0.25, 0.3) is 10.2 Å². The van der Waals surface area contributed by atoms with Crippen molar-refractivity contribution in [2.45, 2.75) is 6.92 Å². The number of thiophene rings is 1. The number of fused-ring (bicyclic) bond motifs is 1. The van der Waals surface area contributed by atoms with E-state index in [1.165, 1.54) is 6.07 Å². The molecule has 58 valence electrons. The Balaban J connectivity index is 2.88. The van der Waals surface area contributed by atoms with Crippen LogP contribution < -0.4 is 0 Å². The third-order valence-corrected chi connectivity index (χ3v) is 2.41. The van der Waals surface area contributed by atoms with Crippen LogP contribution in [0.5, 0.6) is 0 Å². The van der Waals surface area contributed by atoms with E-state index in [-0.39, 0.29) is 10.9 Å². The van der Waals surface area contributed by atoms with E-state index in [4.69, 9.17) is 0 Å². The average Bonchev–Trinajstić information content (AvgIpc) is 2.37. The minimum absolute atomic E-state index is 0.347. The molecule has 2 heterocycles. The predicted molar refractivity (Wildman–Crippen MR) is 40.8 cm³/mol. The van der Waals surface area contributed by atoms with Gasteiger partial charge in [0.05, 0.1) is 0 Å². The highest BCUT2D eigenvalue weighted by molar-refractivity contribution is 7.17. The molecular formula is C7H5F2NS. The zero-order valence-corrected chi connectivity index (χ0v) is 6.56. The van der Waals surface area contributed by atoms with Crippen LogP contribution in [0.3, 0.4) is 0 Å². The maximum absolute atomic E-state index is 13.0. The number of aromatic nitrogens is 1. The number of aromatic amines is 1. The molecule has 0 bridgehead atoms. The van der Waals surface area contributed by atoms with Gasteiger partial charge in [-0.3, -0.25) is 0 Å². The Kier molecular flexibility index (Phi) is 1.26. The lowest BCUT2D eigenvalue weighted by atomic mass is 10.3. The first-order valence-corrected chi connectivity index (χ1v) is 3.93. The van der Waals surface area contributed by atoms with E-state index in [1.807, 2.05) is 0 Å². The Morgan fingerprint density at radius 3 is 2.82 bits per heavy atom. The van der Waals surface area contributed by atoms with E-state index in [9.17, 15) is 8.78 Å². The van der Waals surface area contributed by atoms with Gasteiger partial charge in [-0.25, -0.2) is 4.39 Å². The van der Waals surface area contributed by atoms with Gasteiger partial charge in [-0.15, -0.1) is 0 Å². The van der Waals surface area contributed by atoms with Gasteiger partial charge in [0.2, 0.25) is 0 Å². The summed E-state index contributed by atoms with van der Waals surface area (Å²) in [5.41, 5.74) is 0.464. The van der Waals surface area contributed by atoms with Crippen LogP contribution >= 0.6 is 11.3 Å². The van der Waals surface area contributed by atoms with Gasteiger partial charge in [0, 0.05) is 11.1 Å². The fourth-order valence-corrected chi connectivity index (χ4v) is 1.88. The molecule has 1 nitrogen and oxygen atoms in total. The molecule has 11 heavy (non-hydrogen) atoms. The molecule has 0 spiro atoms. The summed E-state index contributed by atoms with van der Waals surface area (Å²) < 4.78 is 25.5.